The molecule has 1 aliphatic carbocycles. The van der Waals surface area contributed by atoms with Gasteiger partial charge in [0.05, 0.1) is 7.11 Å². The van der Waals surface area contributed by atoms with Crippen LogP contribution in [0.1, 0.15) is 25.7 Å². The van der Waals surface area contributed by atoms with Crippen LogP contribution in [0.25, 0.3) is 0 Å². The van der Waals surface area contributed by atoms with E-state index in [4.69, 9.17) is 4.74 Å². The monoisotopic (exact) mass is 234 g/mol. The highest BCUT2D eigenvalue weighted by Gasteiger charge is 2.23. The molecule has 0 N–H and O–H groups in total. The highest BCUT2D eigenvalue weighted by atomic mass is 16.5. The van der Waals surface area contributed by atoms with Crippen molar-refractivity contribution in [3.05, 3.63) is 18.2 Å². The lowest BCUT2D eigenvalue weighted by atomic mass is 9.93. The van der Waals surface area contributed by atoms with E-state index in [2.05, 4.69) is 9.88 Å². The van der Waals surface area contributed by atoms with Crippen molar-refractivity contribution in [3.63, 3.8) is 0 Å². The summed E-state index contributed by atoms with van der Waals surface area (Å²) < 4.78 is 5.12. The van der Waals surface area contributed by atoms with E-state index in [9.17, 15) is 4.79 Å². The zero-order valence-corrected chi connectivity index (χ0v) is 10.3. The molecule has 0 bridgehead atoms. The van der Waals surface area contributed by atoms with E-state index in [1.165, 1.54) is 0 Å². The summed E-state index contributed by atoms with van der Waals surface area (Å²) in [6.45, 7) is 0. The van der Waals surface area contributed by atoms with Gasteiger partial charge in [0.15, 0.2) is 0 Å². The van der Waals surface area contributed by atoms with E-state index in [0.717, 1.165) is 18.7 Å². The molecular formula is C13H18N2O2. The lowest BCUT2D eigenvalue weighted by Crippen LogP contribution is -2.35. The number of Topliss-reactive ketones (excluding diaryl/α,β-unsaturated/α-hetero) is 1. The van der Waals surface area contributed by atoms with Gasteiger partial charge in [0.2, 0.25) is 5.88 Å². The third kappa shape index (κ3) is 2.75. The number of ether oxygens (including phenoxy) is 1. The van der Waals surface area contributed by atoms with Crippen LogP contribution in [0.3, 0.4) is 0 Å². The van der Waals surface area contributed by atoms with Crippen molar-refractivity contribution in [1.29, 1.82) is 0 Å². The lowest BCUT2D eigenvalue weighted by Gasteiger charge is -2.31. The van der Waals surface area contributed by atoms with E-state index < -0.39 is 0 Å². The van der Waals surface area contributed by atoms with E-state index in [1.807, 2.05) is 25.2 Å². The number of nitrogens with zero attached hydrogens (tertiary/aromatic N) is 2. The van der Waals surface area contributed by atoms with Crippen molar-refractivity contribution in [2.75, 3.05) is 19.1 Å². The van der Waals surface area contributed by atoms with E-state index in [1.54, 1.807) is 7.11 Å². The normalized spacial score (nSPS) is 16.9. The van der Waals surface area contributed by atoms with Gasteiger partial charge in [0.25, 0.3) is 0 Å². The first kappa shape index (κ1) is 11.9. The molecule has 0 unspecified atom stereocenters. The number of rotatable bonds is 3. The van der Waals surface area contributed by atoms with Crippen LogP contribution >= 0.6 is 0 Å². The van der Waals surface area contributed by atoms with Crippen LogP contribution in [-0.2, 0) is 4.79 Å². The van der Waals surface area contributed by atoms with Gasteiger partial charge in [-0.3, -0.25) is 4.79 Å². The van der Waals surface area contributed by atoms with Crippen LogP contribution < -0.4 is 9.64 Å². The Hall–Kier alpha value is -1.58. The summed E-state index contributed by atoms with van der Waals surface area (Å²) >= 11 is 0. The van der Waals surface area contributed by atoms with Crippen molar-refractivity contribution in [3.8, 4) is 5.88 Å². The Bertz CT molecular complexity index is 396. The molecule has 2 rings (SSSR count). The smallest absolute Gasteiger partial charge is 0.214 e. The summed E-state index contributed by atoms with van der Waals surface area (Å²) in [6, 6.07) is 6.15. The number of hydrogen-bond donors (Lipinski definition) is 0. The minimum atomic E-state index is 0.383. The minimum absolute atomic E-state index is 0.383. The van der Waals surface area contributed by atoms with Gasteiger partial charge in [-0.15, -0.1) is 0 Å². The Morgan fingerprint density at radius 3 is 2.71 bits per heavy atom. The Balaban J connectivity index is 2.07. The Labute approximate surface area is 102 Å². The zero-order valence-electron chi connectivity index (χ0n) is 10.3. The van der Waals surface area contributed by atoms with E-state index in [0.29, 0.717) is 30.5 Å². The highest BCUT2D eigenvalue weighted by Crippen LogP contribution is 2.24. The molecule has 0 aliphatic heterocycles. The molecule has 0 spiro atoms. The average Bonchev–Trinajstić information content (AvgIpc) is 2.39. The molecule has 4 heteroatoms. The topological polar surface area (TPSA) is 42.4 Å². The summed E-state index contributed by atoms with van der Waals surface area (Å²) in [6.07, 6.45) is 3.24. The second kappa shape index (κ2) is 5.17. The molecule has 92 valence electrons. The predicted octanol–water partition coefficient (Wildman–Crippen LogP) is 2.04. The first-order chi connectivity index (χ1) is 8.20. The number of hydrogen-bond acceptors (Lipinski definition) is 4. The summed E-state index contributed by atoms with van der Waals surface area (Å²) in [4.78, 5) is 17.8. The molecule has 1 heterocycles. The Morgan fingerprint density at radius 2 is 2.06 bits per heavy atom. The maximum absolute atomic E-state index is 11.2. The molecule has 4 nitrogen and oxygen atoms in total. The van der Waals surface area contributed by atoms with Crippen LogP contribution in [0.4, 0.5) is 5.82 Å². The highest BCUT2D eigenvalue weighted by molar-refractivity contribution is 5.79. The second-order valence-electron chi connectivity index (χ2n) is 4.42. The maximum Gasteiger partial charge on any atom is 0.214 e. The second-order valence-corrected chi connectivity index (χ2v) is 4.42. The van der Waals surface area contributed by atoms with Gasteiger partial charge < -0.3 is 9.64 Å². The van der Waals surface area contributed by atoms with Gasteiger partial charge in [-0.1, -0.05) is 6.07 Å². The van der Waals surface area contributed by atoms with Crippen molar-refractivity contribution >= 4 is 11.6 Å². The third-order valence-corrected chi connectivity index (χ3v) is 3.34. The Kier molecular flexibility index (Phi) is 3.61. The summed E-state index contributed by atoms with van der Waals surface area (Å²) in [5.41, 5.74) is 0. The average molecular weight is 234 g/mol. The number of pyridine rings is 1. The molecular weight excluding hydrogens is 216 g/mol. The molecule has 1 fully saturated rings. The van der Waals surface area contributed by atoms with Crippen LogP contribution in [0.15, 0.2) is 18.2 Å². The fourth-order valence-corrected chi connectivity index (χ4v) is 2.21. The van der Waals surface area contributed by atoms with Gasteiger partial charge in [-0.25, -0.2) is 0 Å². The van der Waals surface area contributed by atoms with Crippen molar-refractivity contribution < 1.29 is 9.53 Å². The lowest BCUT2D eigenvalue weighted by molar-refractivity contribution is -0.120. The first-order valence-electron chi connectivity index (χ1n) is 5.96. The third-order valence-electron chi connectivity index (χ3n) is 3.34. The SMILES string of the molecule is COc1cccc(N(C)C2CCC(=O)CC2)n1. The van der Waals surface area contributed by atoms with Gasteiger partial charge in [0.1, 0.15) is 11.6 Å². The number of aromatic nitrogens is 1. The predicted molar refractivity (Wildman–Crippen MR) is 66.5 cm³/mol. The summed E-state index contributed by atoms with van der Waals surface area (Å²) in [5, 5.41) is 0. The molecule has 1 aliphatic rings. The fourth-order valence-electron chi connectivity index (χ4n) is 2.21. The van der Waals surface area contributed by atoms with E-state index >= 15 is 0 Å². The van der Waals surface area contributed by atoms with Crippen LogP contribution in [-0.4, -0.2) is 31.0 Å². The zero-order chi connectivity index (χ0) is 12.3. The molecule has 1 saturated carbocycles. The van der Waals surface area contributed by atoms with Crippen molar-refractivity contribution in [2.45, 2.75) is 31.7 Å². The Morgan fingerprint density at radius 1 is 1.35 bits per heavy atom. The first-order valence-corrected chi connectivity index (χ1v) is 5.96. The quantitative estimate of drug-likeness (QED) is 0.802. The fraction of sp³-hybridized carbons (Fsp3) is 0.538. The van der Waals surface area contributed by atoms with Crippen molar-refractivity contribution in [2.24, 2.45) is 0 Å². The van der Waals surface area contributed by atoms with Crippen LogP contribution in [0.2, 0.25) is 0 Å². The maximum atomic E-state index is 11.2. The molecule has 17 heavy (non-hydrogen) atoms. The van der Waals surface area contributed by atoms with Crippen LogP contribution in [0.5, 0.6) is 5.88 Å². The van der Waals surface area contributed by atoms with Gasteiger partial charge in [-0.2, -0.15) is 4.98 Å². The number of methoxy groups -OCH3 is 1. The van der Waals surface area contributed by atoms with Gasteiger partial charge in [-0.05, 0) is 18.9 Å². The molecule has 0 aromatic carbocycles. The molecule has 0 amide bonds. The largest absolute Gasteiger partial charge is 0.481 e. The number of ketones is 1. The molecule has 1 aromatic rings. The molecule has 0 radical (unpaired) electrons. The van der Waals surface area contributed by atoms with Crippen molar-refractivity contribution in [1.82, 2.24) is 4.98 Å². The molecule has 0 saturated heterocycles. The van der Waals surface area contributed by atoms with Crippen LogP contribution in [0, 0.1) is 0 Å². The van der Waals surface area contributed by atoms with Gasteiger partial charge in [0, 0.05) is 32.0 Å². The minimum Gasteiger partial charge on any atom is -0.481 e. The standard InChI is InChI=1S/C13H18N2O2/c1-15(10-6-8-11(16)9-7-10)12-4-3-5-13(14-12)17-2/h3-5,10H,6-9H2,1-2H3. The summed E-state index contributed by atoms with van der Waals surface area (Å²) in [7, 11) is 3.65. The number of carbonyl (C=O) groups is 1. The number of anilines is 1. The van der Waals surface area contributed by atoms with E-state index in [-0.39, 0.29) is 0 Å². The molecule has 0 atom stereocenters. The molecule has 1 aromatic heterocycles. The number of carbonyl (C=O) groups excluding carboxylic acids is 1. The van der Waals surface area contributed by atoms with Gasteiger partial charge >= 0.3 is 0 Å². The summed E-state index contributed by atoms with van der Waals surface area (Å²) in [5.74, 6) is 1.91.